The van der Waals surface area contributed by atoms with E-state index in [0.717, 1.165) is 32.1 Å². The van der Waals surface area contributed by atoms with Gasteiger partial charge in [0.15, 0.2) is 6.79 Å². The zero-order chi connectivity index (χ0) is 12.1. The van der Waals surface area contributed by atoms with Gasteiger partial charge >= 0.3 is 5.97 Å². The van der Waals surface area contributed by atoms with Crippen LogP contribution in [0.1, 0.15) is 32.1 Å². The first kappa shape index (κ1) is 12.8. The van der Waals surface area contributed by atoms with Crippen LogP contribution >= 0.6 is 0 Å². The highest BCUT2D eigenvalue weighted by atomic mass is 16.8. The molecule has 0 atom stereocenters. The Hall–Kier alpha value is -0.690. The highest BCUT2D eigenvalue weighted by molar-refractivity contribution is 5.81. The van der Waals surface area contributed by atoms with E-state index in [1.54, 1.807) is 5.17 Å². The molecule has 0 aromatic rings. The van der Waals surface area contributed by atoms with Crippen molar-refractivity contribution in [2.45, 2.75) is 37.6 Å². The molecule has 1 aliphatic heterocycles. The van der Waals surface area contributed by atoms with Crippen LogP contribution in [0.15, 0.2) is 0 Å². The van der Waals surface area contributed by atoms with Gasteiger partial charge < -0.3 is 9.47 Å². The zero-order valence-electron chi connectivity index (χ0n) is 10.2. The van der Waals surface area contributed by atoms with Crippen LogP contribution < -0.4 is 5.43 Å². The molecule has 1 aliphatic carbocycles. The first-order valence-corrected chi connectivity index (χ1v) is 6.11. The number of carbonyl (C=O) groups excluding carboxylic acids is 1. The monoisotopic (exact) mass is 244 g/mol. The topological polar surface area (TPSA) is 60.0 Å². The fraction of sp³-hybridized carbons (Fsp3) is 0.909. The third kappa shape index (κ3) is 2.95. The second kappa shape index (κ2) is 5.77. The largest absolute Gasteiger partial charge is 0.468 e. The summed E-state index contributed by atoms with van der Waals surface area (Å²) in [4.78, 5) is 17.3. The van der Waals surface area contributed by atoms with Gasteiger partial charge in [-0.25, -0.2) is 5.43 Å². The van der Waals surface area contributed by atoms with Crippen LogP contribution in [0.2, 0.25) is 0 Å². The van der Waals surface area contributed by atoms with Crippen molar-refractivity contribution in [1.82, 2.24) is 10.6 Å². The SMILES string of the molecule is COC(=O)C1(NN2CCCOCO2)CCCC1. The average molecular weight is 244 g/mol. The van der Waals surface area contributed by atoms with Crippen LogP contribution in [0, 0.1) is 0 Å². The van der Waals surface area contributed by atoms with Gasteiger partial charge in [0.25, 0.3) is 0 Å². The summed E-state index contributed by atoms with van der Waals surface area (Å²) in [5.41, 5.74) is 2.57. The molecule has 0 amide bonds. The number of hydrogen-bond donors (Lipinski definition) is 1. The highest BCUT2D eigenvalue weighted by Gasteiger charge is 2.43. The van der Waals surface area contributed by atoms with Crippen LogP contribution in [-0.4, -0.2) is 43.7 Å². The van der Waals surface area contributed by atoms with E-state index in [2.05, 4.69) is 5.43 Å². The van der Waals surface area contributed by atoms with Gasteiger partial charge in [-0.1, -0.05) is 12.8 Å². The van der Waals surface area contributed by atoms with Crippen molar-refractivity contribution >= 4 is 5.97 Å². The molecule has 6 heteroatoms. The Morgan fingerprint density at radius 2 is 2.12 bits per heavy atom. The summed E-state index contributed by atoms with van der Waals surface area (Å²) in [6.07, 6.45) is 4.53. The van der Waals surface area contributed by atoms with Crippen LogP contribution in [0.4, 0.5) is 0 Å². The molecule has 0 spiro atoms. The minimum Gasteiger partial charge on any atom is -0.468 e. The van der Waals surface area contributed by atoms with Crippen LogP contribution in [0.5, 0.6) is 0 Å². The van der Waals surface area contributed by atoms with E-state index in [1.165, 1.54) is 7.11 Å². The molecule has 1 saturated heterocycles. The summed E-state index contributed by atoms with van der Waals surface area (Å²) in [7, 11) is 1.43. The minimum atomic E-state index is -0.612. The quantitative estimate of drug-likeness (QED) is 0.733. The van der Waals surface area contributed by atoms with Crippen molar-refractivity contribution < 1.29 is 19.1 Å². The Morgan fingerprint density at radius 1 is 1.35 bits per heavy atom. The van der Waals surface area contributed by atoms with Gasteiger partial charge in [-0.3, -0.25) is 9.63 Å². The predicted octanol–water partition coefficient (Wildman–Crippen LogP) is 0.588. The third-order valence-corrected chi connectivity index (χ3v) is 3.31. The number of nitrogens with zero attached hydrogens (tertiary/aromatic N) is 1. The van der Waals surface area contributed by atoms with Gasteiger partial charge in [0.2, 0.25) is 0 Å². The van der Waals surface area contributed by atoms with Crippen LogP contribution in [-0.2, 0) is 19.1 Å². The lowest BCUT2D eigenvalue weighted by molar-refractivity contribution is -0.247. The number of hydrogen-bond acceptors (Lipinski definition) is 6. The summed E-state index contributed by atoms with van der Waals surface area (Å²) in [5.74, 6) is -0.205. The lowest BCUT2D eigenvalue weighted by Gasteiger charge is -2.32. The van der Waals surface area contributed by atoms with Crippen molar-refractivity contribution in [3.63, 3.8) is 0 Å². The molecular formula is C11H20N2O4. The Balaban J connectivity index is 1.99. The number of methoxy groups -OCH3 is 1. The number of carbonyl (C=O) groups is 1. The maximum absolute atomic E-state index is 11.9. The predicted molar refractivity (Wildman–Crippen MR) is 59.6 cm³/mol. The number of hydrazine groups is 1. The Bertz CT molecular complexity index is 258. The maximum Gasteiger partial charge on any atom is 0.327 e. The molecule has 0 aromatic heterocycles. The van der Waals surface area contributed by atoms with E-state index in [9.17, 15) is 4.79 Å². The molecular weight excluding hydrogens is 224 g/mol. The van der Waals surface area contributed by atoms with E-state index >= 15 is 0 Å². The molecule has 1 heterocycles. The minimum absolute atomic E-state index is 0.205. The molecule has 2 rings (SSSR count). The summed E-state index contributed by atoms with van der Waals surface area (Å²) in [5, 5.41) is 1.62. The van der Waals surface area contributed by atoms with Gasteiger partial charge in [-0.15, -0.1) is 5.17 Å². The lowest BCUT2D eigenvalue weighted by atomic mass is 9.99. The van der Waals surface area contributed by atoms with Crippen molar-refractivity contribution in [2.75, 3.05) is 27.1 Å². The number of nitrogens with one attached hydrogen (secondary N) is 1. The third-order valence-electron chi connectivity index (χ3n) is 3.31. The number of ether oxygens (including phenoxy) is 2. The molecule has 98 valence electrons. The van der Waals surface area contributed by atoms with Gasteiger partial charge in [0, 0.05) is 6.54 Å². The molecule has 1 saturated carbocycles. The van der Waals surface area contributed by atoms with E-state index in [1.807, 2.05) is 0 Å². The van der Waals surface area contributed by atoms with Gasteiger partial charge in [0.05, 0.1) is 13.7 Å². The second-order valence-corrected chi connectivity index (χ2v) is 4.50. The summed E-state index contributed by atoms with van der Waals surface area (Å²) in [6, 6.07) is 0. The smallest absolute Gasteiger partial charge is 0.327 e. The Kier molecular flexibility index (Phi) is 4.33. The van der Waals surface area contributed by atoms with Crippen molar-refractivity contribution in [3.05, 3.63) is 0 Å². The zero-order valence-corrected chi connectivity index (χ0v) is 10.2. The summed E-state index contributed by atoms with van der Waals surface area (Å²) < 4.78 is 10.1. The summed E-state index contributed by atoms with van der Waals surface area (Å²) in [6.45, 7) is 1.62. The summed E-state index contributed by atoms with van der Waals surface area (Å²) >= 11 is 0. The molecule has 2 fully saturated rings. The van der Waals surface area contributed by atoms with Gasteiger partial charge in [-0.05, 0) is 19.3 Å². The first-order valence-electron chi connectivity index (χ1n) is 6.11. The highest BCUT2D eigenvalue weighted by Crippen LogP contribution is 2.31. The van der Waals surface area contributed by atoms with E-state index in [-0.39, 0.29) is 12.8 Å². The number of esters is 1. The van der Waals surface area contributed by atoms with Crippen molar-refractivity contribution in [3.8, 4) is 0 Å². The normalized spacial score (nSPS) is 25.5. The lowest BCUT2D eigenvalue weighted by Crippen LogP contribution is -2.57. The first-order chi connectivity index (χ1) is 8.27. The number of rotatable bonds is 3. The average Bonchev–Trinajstić information content (AvgIpc) is 2.67. The molecule has 0 aromatic carbocycles. The molecule has 17 heavy (non-hydrogen) atoms. The molecule has 0 unspecified atom stereocenters. The fourth-order valence-electron chi connectivity index (χ4n) is 2.40. The Morgan fingerprint density at radius 3 is 2.82 bits per heavy atom. The molecule has 0 bridgehead atoms. The van der Waals surface area contributed by atoms with E-state index < -0.39 is 5.54 Å². The van der Waals surface area contributed by atoms with Gasteiger partial charge in [-0.2, -0.15) is 0 Å². The Labute approximate surface area is 101 Å². The molecule has 6 nitrogen and oxygen atoms in total. The number of hydroxylamine groups is 1. The van der Waals surface area contributed by atoms with Crippen LogP contribution in [0.3, 0.4) is 0 Å². The van der Waals surface area contributed by atoms with E-state index in [4.69, 9.17) is 14.3 Å². The molecule has 2 aliphatic rings. The fourth-order valence-corrected chi connectivity index (χ4v) is 2.40. The van der Waals surface area contributed by atoms with Gasteiger partial charge in [0.1, 0.15) is 5.54 Å². The second-order valence-electron chi connectivity index (χ2n) is 4.50. The molecule has 0 radical (unpaired) electrons. The van der Waals surface area contributed by atoms with E-state index in [0.29, 0.717) is 13.2 Å². The standard InChI is InChI=1S/C11H20N2O4/c1-15-10(14)11(5-2-3-6-11)12-13-7-4-8-16-9-17-13/h12H,2-9H2,1H3. The maximum atomic E-state index is 11.9. The van der Waals surface area contributed by atoms with Crippen molar-refractivity contribution in [1.29, 1.82) is 0 Å². The molecule has 1 N–H and O–H groups in total. The van der Waals surface area contributed by atoms with Crippen LogP contribution in [0.25, 0.3) is 0 Å². The van der Waals surface area contributed by atoms with Crippen molar-refractivity contribution in [2.24, 2.45) is 0 Å².